The van der Waals surface area contributed by atoms with E-state index in [9.17, 15) is 4.79 Å². The van der Waals surface area contributed by atoms with Gasteiger partial charge in [0.2, 0.25) is 5.91 Å². The van der Waals surface area contributed by atoms with Crippen molar-refractivity contribution in [3.8, 4) is 0 Å². The lowest BCUT2D eigenvalue weighted by atomic mass is 9.79. The van der Waals surface area contributed by atoms with E-state index >= 15 is 0 Å². The van der Waals surface area contributed by atoms with Crippen molar-refractivity contribution in [2.75, 3.05) is 0 Å². The number of carbonyl (C=O) groups excluding carboxylic acids is 1. The number of hydrazine groups is 1. The molecule has 1 aromatic carbocycles. The summed E-state index contributed by atoms with van der Waals surface area (Å²) in [7, 11) is 0. The minimum absolute atomic E-state index is 0.0375. The summed E-state index contributed by atoms with van der Waals surface area (Å²) in [5, 5.41) is 3.17. The third-order valence-electron chi connectivity index (χ3n) is 4.81. The van der Waals surface area contributed by atoms with Crippen LogP contribution in [0, 0.1) is 5.92 Å². The zero-order valence-electron chi connectivity index (χ0n) is 15.0. The Morgan fingerprint density at radius 2 is 1.87 bits per heavy atom. The lowest BCUT2D eigenvalue weighted by Gasteiger charge is -2.29. The van der Waals surface area contributed by atoms with Crippen molar-refractivity contribution in [1.29, 1.82) is 0 Å². The zero-order valence-corrected chi connectivity index (χ0v) is 15.0. The first-order chi connectivity index (χ1) is 10.8. The number of carbonyl (C=O) groups is 1. The normalized spacial score (nSPS) is 23.0. The second kappa shape index (κ2) is 7.45. The van der Waals surface area contributed by atoms with Crippen molar-refractivity contribution in [1.82, 2.24) is 16.2 Å². The molecule has 1 amide bonds. The maximum atomic E-state index is 12.4. The molecule has 4 nitrogen and oxygen atoms in total. The van der Waals surface area contributed by atoms with Gasteiger partial charge in [0.05, 0.1) is 0 Å². The largest absolute Gasteiger partial charge is 0.352 e. The van der Waals surface area contributed by atoms with Crippen LogP contribution in [-0.2, 0) is 10.2 Å². The Morgan fingerprint density at radius 1 is 1.22 bits per heavy atom. The first-order valence-electron chi connectivity index (χ1n) is 8.66. The Balaban J connectivity index is 1.87. The van der Waals surface area contributed by atoms with Gasteiger partial charge >= 0.3 is 0 Å². The number of rotatable bonds is 6. The summed E-state index contributed by atoms with van der Waals surface area (Å²) in [5.41, 5.74) is 7.69. The van der Waals surface area contributed by atoms with E-state index in [1.807, 2.05) is 6.07 Å². The molecule has 0 spiro atoms. The van der Waals surface area contributed by atoms with Gasteiger partial charge in [-0.15, -0.1) is 0 Å². The van der Waals surface area contributed by atoms with Crippen LogP contribution >= 0.6 is 0 Å². The highest BCUT2D eigenvalue weighted by atomic mass is 16.2. The predicted molar refractivity (Wildman–Crippen MR) is 95.0 cm³/mol. The van der Waals surface area contributed by atoms with Gasteiger partial charge in [-0.1, -0.05) is 58.0 Å². The number of nitrogens with one attached hydrogen (secondary N) is 3. The maximum absolute atomic E-state index is 12.4. The van der Waals surface area contributed by atoms with Crippen molar-refractivity contribution in [2.24, 2.45) is 5.92 Å². The molecule has 0 saturated carbocycles. The fourth-order valence-electron chi connectivity index (χ4n) is 3.36. The third kappa shape index (κ3) is 4.79. The molecule has 3 N–H and O–H groups in total. The molecule has 128 valence electrons. The van der Waals surface area contributed by atoms with E-state index in [1.54, 1.807) is 0 Å². The smallest absolute Gasteiger partial charge is 0.238 e. The standard InChI is InChI=1S/C19H31N3O/c1-13(2)16-11-17(22-21-16)18(23)20-14(3)12-19(4,5)15-9-7-6-8-10-15/h6-10,13-14,16-17,21-22H,11-12H2,1-5H3,(H,20,23). The van der Waals surface area contributed by atoms with Gasteiger partial charge in [-0.25, -0.2) is 5.43 Å². The molecule has 1 aliphatic rings. The molecule has 1 heterocycles. The van der Waals surface area contributed by atoms with Crippen molar-refractivity contribution in [3.63, 3.8) is 0 Å². The highest BCUT2D eigenvalue weighted by molar-refractivity contribution is 5.82. The van der Waals surface area contributed by atoms with E-state index in [4.69, 9.17) is 0 Å². The van der Waals surface area contributed by atoms with E-state index < -0.39 is 0 Å². The van der Waals surface area contributed by atoms with Crippen LogP contribution in [0.3, 0.4) is 0 Å². The minimum atomic E-state index is -0.135. The molecule has 1 saturated heterocycles. The quantitative estimate of drug-likeness (QED) is 0.756. The number of benzene rings is 1. The lowest BCUT2D eigenvalue weighted by Crippen LogP contribution is -2.47. The van der Waals surface area contributed by atoms with Gasteiger partial charge < -0.3 is 5.32 Å². The molecule has 0 aromatic heterocycles. The second-order valence-electron chi connectivity index (χ2n) is 7.79. The van der Waals surface area contributed by atoms with Gasteiger partial charge in [-0.3, -0.25) is 10.2 Å². The molecule has 0 radical (unpaired) electrons. The van der Waals surface area contributed by atoms with Crippen molar-refractivity contribution in [3.05, 3.63) is 35.9 Å². The summed E-state index contributed by atoms with van der Waals surface area (Å²) in [5.74, 6) is 0.617. The van der Waals surface area contributed by atoms with Crippen LogP contribution in [0.5, 0.6) is 0 Å². The molecule has 1 aromatic rings. The fourth-order valence-corrected chi connectivity index (χ4v) is 3.36. The van der Waals surface area contributed by atoms with Crippen LogP contribution in [0.4, 0.5) is 0 Å². The second-order valence-corrected chi connectivity index (χ2v) is 7.79. The predicted octanol–water partition coefficient (Wildman–Crippen LogP) is 2.75. The summed E-state index contributed by atoms with van der Waals surface area (Å²) >= 11 is 0. The molecule has 2 rings (SSSR count). The molecule has 1 fully saturated rings. The summed E-state index contributed by atoms with van der Waals surface area (Å²) in [6.07, 6.45) is 1.76. The zero-order chi connectivity index (χ0) is 17.0. The summed E-state index contributed by atoms with van der Waals surface area (Å²) in [6, 6.07) is 10.9. The van der Waals surface area contributed by atoms with Crippen LogP contribution in [0.2, 0.25) is 0 Å². The summed E-state index contributed by atoms with van der Waals surface area (Å²) in [4.78, 5) is 12.4. The molecule has 1 aliphatic heterocycles. The topological polar surface area (TPSA) is 53.2 Å². The molecule has 3 atom stereocenters. The van der Waals surface area contributed by atoms with Crippen molar-refractivity contribution in [2.45, 2.75) is 71.0 Å². The number of amides is 1. The van der Waals surface area contributed by atoms with Gasteiger partial charge in [0.15, 0.2) is 0 Å². The Bertz CT molecular complexity index is 513. The Labute approximate surface area is 140 Å². The van der Waals surface area contributed by atoms with Crippen LogP contribution in [0.1, 0.15) is 53.0 Å². The van der Waals surface area contributed by atoms with Crippen LogP contribution in [0.15, 0.2) is 30.3 Å². The Morgan fingerprint density at radius 3 is 2.43 bits per heavy atom. The molecule has 0 bridgehead atoms. The van der Waals surface area contributed by atoms with Gasteiger partial charge in [-0.2, -0.15) is 0 Å². The average Bonchev–Trinajstić information content (AvgIpc) is 2.97. The average molecular weight is 317 g/mol. The molecule has 0 aliphatic carbocycles. The van der Waals surface area contributed by atoms with Gasteiger partial charge in [0.25, 0.3) is 0 Å². The van der Waals surface area contributed by atoms with Crippen LogP contribution < -0.4 is 16.2 Å². The first-order valence-corrected chi connectivity index (χ1v) is 8.66. The molecule has 23 heavy (non-hydrogen) atoms. The van der Waals surface area contributed by atoms with Gasteiger partial charge in [0.1, 0.15) is 6.04 Å². The van der Waals surface area contributed by atoms with E-state index in [0.717, 1.165) is 12.8 Å². The van der Waals surface area contributed by atoms with Crippen LogP contribution in [0.25, 0.3) is 0 Å². The fraction of sp³-hybridized carbons (Fsp3) is 0.632. The van der Waals surface area contributed by atoms with E-state index in [0.29, 0.717) is 12.0 Å². The van der Waals surface area contributed by atoms with Crippen molar-refractivity contribution >= 4 is 5.91 Å². The molecular weight excluding hydrogens is 286 g/mol. The molecule has 4 heteroatoms. The summed E-state index contributed by atoms with van der Waals surface area (Å²) in [6.45, 7) is 10.9. The highest BCUT2D eigenvalue weighted by Gasteiger charge is 2.32. The van der Waals surface area contributed by atoms with E-state index in [-0.39, 0.29) is 23.4 Å². The van der Waals surface area contributed by atoms with Gasteiger partial charge in [0, 0.05) is 12.1 Å². The lowest BCUT2D eigenvalue weighted by molar-refractivity contribution is -0.123. The number of hydrogen-bond donors (Lipinski definition) is 3. The summed E-state index contributed by atoms with van der Waals surface area (Å²) < 4.78 is 0. The van der Waals surface area contributed by atoms with Gasteiger partial charge in [-0.05, 0) is 36.7 Å². The van der Waals surface area contributed by atoms with Crippen LogP contribution in [-0.4, -0.2) is 24.0 Å². The molecule has 3 unspecified atom stereocenters. The molecular formula is C19H31N3O. The SMILES string of the molecule is CC(CC(C)(C)c1ccccc1)NC(=O)C1CC(C(C)C)NN1. The van der Waals surface area contributed by atoms with E-state index in [1.165, 1.54) is 5.56 Å². The highest BCUT2D eigenvalue weighted by Crippen LogP contribution is 2.28. The third-order valence-corrected chi connectivity index (χ3v) is 4.81. The Hall–Kier alpha value is -1.39. The monoisotopic (exact) mass is 317 g/mol. The number of hydrogen-bond acceptors (Lipinski definition) is 3. The minimum Gasteiger partial charge on any atom is -0.352 e. The van der Waals surface area contributed by atoms with E-state index in [2.05, 4.69) is 75.1 Å². The first kappa shape index (κ1) is 18.0. The maximum Gasteiger partial charge on any atom is 0.238 e. The Kier molecular flexibility index (Phi) is 5.82. The van der Waals surface area contributed by atoms with Crippen molar-refractivity contribution < 1.29 is 4.79 Å².